The van der Waals surface area contributed by atoms with Crippen molar-refractivity contribution in [2.24, 2.45) is 0 Å². The lowest BCUT2D eigenvalue weighted by molar-refractivity contribution is 0.103. The SMILES string of the molecule is [B](OCC1CO1)O[Si](O[B]OCC1CO1)(O[B]OCC1CO1)O[B]OCC1CO1. The molecule has 12 nitrogen and oxygen atoms in total. The fourth-order valence-corrected chi connectivity index (χ4v) is 2.86. The average Bonchev–Trinajstić information content (AvgIpc) is 3.57. The van der Waals surface area contributed by atoms with E-state index >= 15 is 0 Å². The molecule has 4 aliphatic heterocycles. The molecule has 4 heterocycles. The van der Waals surface area contributed by atoms with Crippen molar-refractivity contribution in [3.63, 3.8) is 0 Å². The highest BCUT2D eigenvalue weighted by atomic mass is 28.4. The van der Waals surface area contributed by atoms with Gasteiger partial charge in [0, 0.05) is 0 Å². The van der Waals surface area contributed by atoms with Crippen LogP contribution in [0.2, 0.25) is 0 Å². The summed E-state index contributed by atoms with van der Waals surface area (Å²) >= 11 is 0. The van der Waals surface area contributed by atoms with E-state index in [0.29, 0.717) is 52.9 Å². The van der Waals surface area contributed by atoms with Crippen LogP contribution in [-0.2, 0) is 54.9 Å². The quantitative estimate of drug-likeness (QED) is 0.114. The van der Waals surface area contributed by atoms with E-state index in [1.165, 1.54) is 0 Å². The average molecular weight is 428 g/mol. The van der Waals surface area contributed by atoms with E-state index < -0.39 is 9.05 Å². The number of rotatable bonds is 20. The highest BCUT2D eigenvalue weighted by Gasteiger charge is 2.46. The van der Waals surface area contributed by atoms with Gasteiger partial charge in [-0.25, -0.2) is 0 Å². The standard InChI is InChI=1S/C12H20B4O12Si/c1-9(17-1)5-21-13-25-29(26-14-22-6-10-2-18-10,27-15-23-7-11-3-19-11)28-16-24-8-12-4-20-12/h9-12H,1-8H2. The monoisotopic (exact) mass is 428 g/mol. The van der Waals surface area contributed by atoms with Gasteiger partial charge in [0.1, 0.15) is 24.4 Å². The first-order valence-electron chi connectivity index (χ1n) is 9.22. The lowest BCUT2D eigenvalue weighted by Gasteiger charge is -2.27. The maximum absolute atomic E-state index is 5.52. The van der Waals surface area contributed by atoms with Crippen LogP contribution in [-0.4, -0.2) is 117 Å². The maximum atomic E-state index is 5.52. The minimum Gasteiger partial charge on any atom is -0.411 e. The molecule has 0 aromatic rings. The molecular weight excluding hydrogens is 407 g/mol. The number of epoxide rings is 4. The zero-order chi connectivity index (χ0) is 19.8. The minimum atomic E-state index is -3.89. The van der Waals surface area contributed by atoms with Crippen molar-refractivity contribution >= 4 is 39.8 Å². The molecule has 0 aromatic carbocycles. The van der Waals surface area contributed by atoms with Gasteiger partial charge in [0.2, 0.25) is 0 Å². The summed E-state index contributed by atoms with van der Waals surface area (Å²) in [6.07, 6.45) is 0.237. The molecule has 0 aromatic heterocycles. The van der Waals surface area contributed by atoms with Crippen LogP contribution in [0, 0.1) is 0 Å². The minimum absolute atomic E-state index is 0.0592. The van der Waals surface area contributed by atoms with Gasteiger partial charge in [0.15, 0.2) is 0 Å². The normalized spacial score (nSPS) is 30.9. The molecule has 0 saturated carbocycles. The van der Waals surface area contributed by atoms with E-state index in [2.05, 4.69) is 0 Å². The van der Waals surface area contributed by atoms with Crippen LogP contribution in [0.15, 0.2) is 0 Å². The largest absolute Gasteiger partial charge is 0.624 e. The van der Waals surface area contributed by atoms with Crippen LogP contribution in [0.1, 0.15) is 0 Å². The Hall–Kier alpha value is -0.00338. The van der Waals surface area contributed by atoms with Crippen molar-refractivity contribution in [3.05, 3.63) is 0 Å². The summed E-state index contributed by atoms with van der Waals surface area (Å²) in [6.45, 7) is 3.95. The fraction of sp³-hybridized carbons (Fsp3) is 1.00. The van der Waals surface area contributed by atoms with Gasteiger partial charge in [-0.15, -0.1) is 0 Å². The number of hydrogen-bond acceptors (Lipinski definition) is 12. The predicted molar refractivity (Wildman–Crippen MR) is 95.9 cm³/mol. The van der Waals surface area contributed by atoms with Crippen molar-refractivity contribution in [1.29, 1.82) is 0 Å². The Kier molecular flexibility index (Phi) is 8.86. The van der Waals surface area contributed by atoms with Crippen molar-refractivity contribution in [3.8, 4) is 0 Å². The van der Waals surface area contributed by atoms with Crippen LogP contribution in [0.25, 0.3) is 0 Å². The number of ether oxygens (including phenoxy) is 4. The Morgan fingerprint density at radius 3 is 0.966 bits per heavy atom. The van der Waals surface area contributed by atoms with Crippen LogP contribution in [0.3, 0.4) is 0 Å². The van der Waals surface area contributed by atoms with Crippen LogP contribution in [0.4, 0.5) is 0 Å². The predicted octanol–water partition coefficient (Wildman–Crippen LogP) is -2.71. The topological polar surface area (TPSA) is 124 Å². The van der Waals surface area contributed by atoms with E-state index in [9.17, 15) is 0 Å². The van der Waals surface area contributed by atoms with Gasteiger partial charge in [0.25, 0.3) is 0 Å². The van der Waals surface area contributed by atoms with E-state index in [-0.39, 0.29) is 24.4 Å². The van der Waals surface area contributed by atoms with Crippen molar-refractivity contribution < 1.29 is 54.9 Å². The van der Waals surface area contributed by atoms with Gasteiger partial charge in [-0.1, -0.05) is 0 Å². The molecule has 0 N–H and O–H groups in total. The lowest BCUT2D eigenvalue weighted by atomic mass is 10.4. The lowest BCUT2D eigenvalue weighted by Crippen LogP contribution is -2.54. The second kappa shape index (κ2) is 11.6. The second-order valence-corrected chi connectivity index (χ2v) is 8.45. The first kappa shape index (κ1) is 22.2. The highest BCUT2D eigenvalue weighted by molar-refractivity contribution is 6.70. The molecule has 4 unspecified atom stereocenters. The maximum Gasteiger partial charge on any atom is 0.624 e. The molecule has 4 rings (SSSR count). The van der Waals surface area contributed by atoms with E-state index in [4.69, 9.17) is 54.9 Å². The molecule has 0 bridgehead atoms. The summed E-state index contributed by atoms with van der Waals surface area (Å²) in [4.78, 5) is 0. The zero-order valence-electron chi connectivity index (χ0n) is 15.7. The van der Waals surface area contributed by atoms with Gasteiger partial charge >= 0.3 is 39.8 Å². The second-order valence-electron chi connectivity index (χ2n) is 6.51. The van der Waals surface area contributed by atoms with E-state index in [1.54, 1.807) is 0 Å². The Bertz CT molecular complexity index is 396. The van der Waals surface area contributed by atoms with Gasteiger partial charge in [-0.05, 0) is 0 Å². The first-order chi connectivity index (χ1) is 14.3. The molecule has 0 spiro atoms. The molecule has 0 amide bonds. The third kappa shape index (κ3) is 9.77. The molecule has 4 saturated heterocycles. The summed E-state index contributed by atoms with van der Waals surface area (Å²) in [5.41, 5.74) is 0. The molecule has 4 atom stereocenters. The van der Waals surface area contributed by atoms with Gasteiger partial charge < -0.3 is 54.9 Å². The third-order valence-electron chi connectivity index (χ3n) is 3.78. The number of hydrogen-bond donors (Lipinski definition) is 0. The van der Waals surface area contributed by atoms with E-state index in [1.807, 2.05) is 0 Å². The summed E-state index contributed by atoms with van der Waals surface area (Å²) in [7, 11) is 0.396. The van der Waals surface area contributed by atoms with Crippen molar-refractivity contribution in [1.82, 2.24) is 0 Å². The van der Waals surface area contributed by atoms with E-state index in [0.717, 1.165) is 30.7 Å². The van der Waals surface area contributed by atoms with Crippen LogP contribution < -0.4 is 0 Å². The Balaban J connectivity index is 1.22. The smallest absolute Gasteiger partial charge is 0.411 e. The molecule has 0 aliphatic carbocycles. The molecule has 4 aliphatic rings. The molecule has 17 heteroatoms. The first-order valence-corrected chi connectivity index (χ1v) is 10.9. The highest BCUT2D eigenvalue weighted by Crippen LogP contribution is 2.15. The summed E-state index contributed by atoms with van der Waals surface area (Å²) in [6, 6.07) is 0. The molecule has 4 radical (unpaired) electrons. The molecule has 4 fully saturated rings. The summed E-state index contributed by atoms with van der Waals surface area (Å²) < 4.78 is 63.4. The molecular formula is C12H20B4O12Si. The Labute approximate surface area is 172 Å². The Morgan fingerprint density at radius 1 is 0.517 bits per heavy atom. The molecule has 156 valence electrons. The van der Waals surface area contributed by atoms with Crippen molar-refractivity contribution in [2.75, 3.05) is 52.9 Å². The Morgan fingerprint density at radius 2 is 0.759 bits per heavy atom. The van der Waals surface area contributed by atoms with Crippen molar-refractivity contribution in [2.45, 2.75) is 24.4 Å². The van der Waals surface area contributed by atoms with Crippen LogP contribution >= 0.6 is 0 Å². The van der Waals surface area contributed by atoms with Gasteiger partial charge in [0.05, 0.1) is 52.9 Å². The van der Waals surface area contributed by atoms with Gasteiger partial charge in [-0.2, -0.15) is 0 Å². The zero-order valence-corrected chi connectivity index (χ0v) is 16.7. The summed E-state index contributed by atoms with van der Waals surface area (Å²) in [5, 5.41) is 0. The van der Waals surface area contributed by atoms with Gasteiger partial charge in [-0.3, -0.25) is 0 Å². The molecule has 29 heavy (non-hydrogen) atoms. The fourth-order valence-electron chi connectivity index (χ4n) is 1.78. The third-order valence-corrected chi connectivity index (χ3v) is 5.32. The van der Waals surface area contributed by atoms with Crippen LogP contribution in [0.5, 0.6) is 0 Å². The summed E-state index contributed by atoms with van der Waals surface area (Å²) in [5.74, 6) is 0.